The van der Waals surface area contributed by atoms with Gasteiger partial charge in [0.05, 0.1) is 22.6 Å². The summed E-state index contributed by atoms with van der Waals surface area (Å²) < 4.78 is 1.95. The van der Waals surface area contributed by atoms with Crippen molar-refractivity contribution in [2.24, 2.45) is 0 Å². The van der Waals surface area contributed by atoms with Gasteiger partial charge in [0.15, 0.2) is 0 Å². The molecule has 0 radical (unpaired) electrons. The minimum atomic E-state index is 0.140. The molecule has 0 bridgehead atoms. The SMILES string of the molecule is CCCc1nn(-c2ccccc2C)c(C)c1C(=O)N1CCN(CC)CC1. The largest absolute Gasteiger partial charge is 0.336 e. The average molecular weight is 354 g/mol. The topological polar surface area (TPSA) is 41.4 Å². The highest BCUT2D eigenvalue weighted by Crippen LogP contribution is 2.23. The van der Waals surface area contributed by atoms with E-state index >= 15 is 0 Å². The molecular formula is C21H30N4O. The molecule has 5 heteroatoms. The maximum atomic E-state index is 13.3. The summed E-state index contributed by atoms with van der Waals surface area (Å²) in [6.45, 7) is 13.0. The Kier molecular flexibility index (Phi) is 5.77. The van der Waals surface area contributed by atoms with Gasteiger partial charge in [0.1, 0.15) is 0 Å². The van der Waals surface area contributed by atoms with E-state index in [1.54, 1.807) is 0 Å². The van der Waals surface area contributed by atoms with Crippen LogP contribution in [0.1, 0.15) is 47.6 Å². The molecule has 2 heterocycles. The second kappa shape index (κ2) is 8.04. The lowest BCUT2D eigenvalue weighted by molar-refractivity contribution is 0.0641. The summed E-state index contributed by atoms with van der Waals surface area (Å²) in [6.07, 6.45) is 1.81. The number of rotatable bonds is 5. The number of aryl methyl sites for hydroxylation is 2. The van der Waals surface area contributed by atoms with Gasteiger partial charge in [0.25, 0.3) is 5.91 Å². The molecule has 0 unspecified atom stereocenters. The Morgan fingerprint density at radius 1 is 1.08 bits per heavy atom. The zero-order chi connectivity index (χ0) is 18.7. The summed E-state index contributed by atoms with van der Waals surface area (Å²) in [7, 11) is 0. The quantitative estimate of drug-likeness (QED) is 0.828. The van der Waals surface area contributed by atoms with E-state index in [0.717, 1.165) is 73.8 Å². The molecule has 0 spiro atoms. The van der Waals surface area contributed by atoms with Crippen LogP contribution in [0.15, 0.2) is 24.3 Å². The number of hydrogen-bond acceptors (Lipinski definition) is 3. The van der Waals surface area contributed by atoms with Gasteiger partial charge in [-0.15, -0.1) is 0 Å². The van der Waals surface area contributed by atoms with E-state index in [1.165, 1.54) is 0 Å². The van der Waals surface area contributed by atoms with Crippen LogP contribution in [-0.2, 0) is 6.42 Å². The second-order valence-corrected chi connectivity index (χ2v) is 7.08. The highest BCUT2D eigenvalue weighted by molar-refractivity contribution is 5.96. The summed E-state index contributed by atoms with van der Waals surface area (Å²) in [5.74, 6) is 0.140. The van der Waals surface area contributed by atoms with Crippen molar-refractivity contribution in [1.82, 2.24) is 19.6 Å². The third kappa shape index (κ3) is 3.54. The molecule has 1 aromatic carbocycles. The van der Waals surface area contributed by atoms with Crippen LogP contribution in [-0.4, -0.2) is 58.2 Å². The van der Waals surface area contributed by atoms with Crippen LogP contribution >= 0.6 is 0 Å². The number of amides is 1. The van der Waals surface area contributed by atoms with Gasteiger partial charge in [0, 0.05) is 26.2 Å². The van der Waals surface area contributed by atoms with Gasteiger partial charge in [-0.25, -0.2) is 4.68 Å². The lowest BCUT2D eigenvalue weighted by Gasteiger charge is -2.34. The molecule has 0 saturated carbocycles. The van der Waals surface area contributed by atoms with Gasteiger partial charge in [0.2, 0.25) is 0 Å². The fourth-order valence-electron chi connectivity index (χ4n) is 3.71. The predicted molar refractivity (Wildman–Crippen MR) is 105 cm³/mol. The number of likely N-dealkylation sites (N-methyl/N-ethyl adjacent to an activating group) is 1. The number of para-hydroxylation sites is 1. The van der Waals surface area contributed by atoms with Crippen molar-refractivity contribution in [2.75, 3.05) is 32.7 Å². The Bertz CT molecular complexity index is 772. The maximum Gasteiger partial charge on any atom is 0.257 e. The number of nitrogens with zero attached hydrogens (tertiary/aromatic N) is 4. The minimum absolute atomic E-state index is 0.140. The molecule has 1 saturated heterocycles. The Morgan fingerprint density at radius 2 is 1.77 bits per heavy atom. The first-order valence-corrected chi connectivity index (χ1v) is 9.72. The van der Waals surface area contributed by atoms with E-state index < -0.39 is 0 Å². The van der Waals surface area contributed by atoms with E-state index in [0.29, 0.717) is 0 Å². The van der Waals surface area contributed by atoms with Crippen LogP contribution in [0.5, 0.6) is 0 Å². The molecule has 1 aromatic heterocycles. The lowest BCUT2D eigenvalue weighted by Crippen LogP contribution is -2.48. The standard InChI is InChI=1S/C21H30N4O/c1-5-9-18-20(21(26)24-14-12-23(6-2)13-15-24)17(4)25(22-18)19-11-8-7-10-16(19)3/h7-8,10-11H,5-6,9,12-15H2,1-4H3. The van der Waals surface area contributed by atoms with E-state index in [9.17, 15) is 4.79 Å². The smallest absolute Gasteiger partial charge is 0.257 e. The van der Waals surface area contributed by atoms with Crippen molar-refractivity contribution in [3.05, 3.63) is 46.8 Å². The summed E-state index contributed by atoms with van der Waals surface area (Å²) in [6, 6.07) is 8.21. The number of piperazine rings is 1. The highest BCUT2D eigenvalue weighted by atomic mass is 16.2. The first kappa shape index (κ1) is 18.6. The van der Waals surface area contributed by atoms with Crippen LogP contribution < -0.4 is 0 Å². The van der Waals surface area contributed by atoms with Gasteiger partial charge in [-0.05, 0) is 38.4 Å². The zero-order valence-corrected chi connectivity index (χ0v) is 16.5. The van der Waals surface area contributed by atoms with Crippen molar-refractivity contribution in [2.45, 2.75) is 40.5 Å². The van der Waals surface area contributed by atoms with E-state index in [1.807, 2.05) is 28.6 Å². The molecule has 26 heavy (non-hydrogen) atoms. The van der Waals surface area contributed by atoms with Crippen molar-refractivity contribution < 1.29 is 4.79 Å². The molecule has 140 valence electrons. The number of carbonyl (C=O) groups excluding carboxylic acids is 1. The normalized spacial score (nSPS) is 15.5. The van der Waals surface area contributed by atoms with Crippen LogP contribution in [0.3, 0.4) is 0 Å². The maximum absolute atomic E-state index is 13.3. The van der Waals surface area contributed by atoms with Crippen LogP contribution in [0.2, 0.25) is 0 Å². The molecule has 1 amide bonds. The van der Waals surface area contributed by atoms with Gasteiger partial charge < -0.3 is 9.80 Å². The number of aromatic nitrogens is 2. The van der Waals surface area contributed by atoms with E-state index in [2.05, 4.69) is 37.8 Å². The number of benzene rings is 1. The van der Waals surface area contributed by atoms with Crippen LogP contribution in [0.4, 0.5) is 0 Å². The van der Waals surface area contributed by atoms with Crippen molar-refractivity contribution in [3.63, 3.8) is 0 Å². The predicted octanol–water partition coefficient (Wildman–Crippen LogP) is 3.22. The molecule has 3 rings (SSSR count). The third-order valence-electron chi connectivity index (χ3n) is 5.34. The molecular weight excluding hydrogens is 324 g/mol. The summed E-state index contributed by atoms with van der Waals surface area (Å²) in [4.78, 5) is 17.7. The lowest BCUT2D eigenvalue weighted by atomic mass is 10.1. The summed E-state index contributed by atoms with van der Waals surface area (Å²) in [5.41, 5.74) is 4.90. The average Bonchev–Trinajstić information content (AvgIpc) is 2.98. The number of hydrogen-bond donors (Lipinski definition) is 0. The Morgan fingerprint density at radius 3 is 2.38 bits per heavy atom. The van der Waals surface area contributed by atoms with Crippen molar-refractivity contribution >= 4 is 5.91 Å². The Balaban J connectivity index is 1.96. The van der Waals surface area contributed by atoms with Gasteiger partial charge in [-0.3, -0.25) is 4.79 Å². The first-order valence-electron chi connectivity index (χ1n) is 9.72. The van der Waals surface area contributed by atoms with Gasteiger partial charge in [-0.1, -0.05) is 38.5 Å². The first-order chi connectivity index (χ1) is 12.6. The zero-order valence-electron chi connectivity index (χ0n) is 16.5. The van der Waals surface area contributed by atoms with Gasteiger partial charge >= 0.3 is 0 Å². The molecule has 0 aliphatic carbocycles. The van der Waals surface area contributed by atoms with E-state index in [4.69, 9.17) is 5.10 Å². The molecule has 0 N–H and O–H groups in total. The molecule has 1 aliphatic heterocycles. The Hall–Kier alpha value is -2.14. The van der Waals surface area contributed by atoms with Crippen molar-refractivity contribution in [1.29, 1.82) is 0 Å². The molecule has 0 atom stereocenters. The second-order valence-electron chi connectivity index (χ2n) is 7.08. The molecule has 5 nitrogen and oxygen atoms in total. The minimum Gasteiger partial charge on any atom is -0.336 e. The number of carbonyl (C=O) groups is 1. The third-order valence-corrected chi connectivity index (χ3v) is 5.34. The summed E-state index contributed by atoms with van der Waals surface area (Å²) >= 11 is 0. The van der Waals surface area contributed by atoms with Crippen LogP contribution in [0.25, 0.3) is 5.69 Å². The highest BCUT2D eigenvalue weighted by Gasteiger charge is 2.28. The summed E-state index contributed by atoms with van der Waals surface area (Å²) in [5, 5.41) is 4.84. The molecule has 1 fully saturated rings. The molecule has 1 aliphatic rings. The van der Waals surface area contributed by atoms with Gasteiger partial charge in [-0.2, -0.15) is 5.10 Å². The Labute approximate surface area is 156 Å². The van der Waals surface area contributed by atoms with E-state index in [-0.39, 0.29) is 5.91 Å². The van der Waals surface area contributed by atoms with Crippen LogP contribution in [0, 0.1) is 13.8 Å². The fourth-order valence-corrected chi connectivity index (χ4v) is 3.71. The fraction of sp³-hybridized carbons (Fsp3) is 0.524. The molecule has 2 aromatic rings. The monoisotopic (exact) mass is 354 g/mol. The van der Waals surface area contributed by atoms with Crippen molar-refractivity contribution in [3.8, 4) is 5.69 Å².